The summed E-state index contributed by atoms with van der Waals surface area (Å²) in [6.07, 6.45) is 0.797. The van der Waals surface area contributed by atoms with Crippen molar-refractivity contribution in [1.29, 1.82) is 0 Å². The Morgan fingerprint density at radius 3 is 2.62 bits per heavy atom. The van der Waals surface area contributed by atoms with E-state index in [-0.39, 0.29) is 12.5 Å². The van der Waals surface area contributed by atoms with E-state index in [0.29, 0.717) is 19.0 Å². The van der Waals surface area contributed by atoms with E-state index in [1.165, 1.54) is 15.3 Å². The fourth-order valence-corrected chi connectivity index (χ4v) is 4.74. The molecular weight excluding hydrogens is 420 g/mol. The van der Waals surface area contributed by atoms with Crippen molar-refractivity contribution in [2.45, 2.75) is 33.7 Å². The highest BCUT2D eigenvalue weighted by atomic mass is 32.1. The first kappa shape index (κ1) is 22.0. The molecular formula is C25H28N4O2S. The Labute approximate surface area is 192 Å². The maximum absolute atomic E-state index is 13.2. The van der Waals surface area contributed by atoms with Gasteiger partial charge in [-0.3, -0.25) is 4.79 Å². The van der Waals surface area contributed by atoms with Crippen molar-refractivity contribution in [1.82, 2.24) is 19.7 Å². The maximum Gasteiger partial charge on any atom is 0.260 e. The number of amides is 1. The van der Waals surface area contributed by atoms with Crippen molar-refractivity contribution in [2.75, 3.05) is 13.2 Å². The largest absolute Gasteiger partial charge is 0.466 e. The second-order valence-corrected chi connectivity index (χ2v) is 9.43. The number of thiophene rings is 1. The molecule has 0 N–H and O–H groups in total. The van der Waals surface area contributed by atoms with Gasteiger partial charge in [-0.25, -0.2) is 9.67 Å². The van der Waals surface area contributed by atoms with E-state index in [4.69, 9.17) is 4.74 Å². The summed E-state index contributed by atoms with van der Waals surface area (Å²) in [5.41, 5.74) is 3.94. The van der Waals surface area contributed by atoms with Crippen molar-refractivity contribution in [2.24, 2.45) is 7.05 Å². The summed E-state index contributed by atoms with van der Waals surface area (Å²) in [7, 11) is 1.84. The lowest BCUT2D eigenvalue weighted by Gasteiger charge is -2.22. The summed E-state index contributed by atoms with van der Waals surface area (Å²) < 4.78 is 7.64. The van der Waals surface area contributed by atoms with Gasteiger partial charge in [-0.05, 0) is 56.5 Å². The summed E-state index contributed by atoms with van der Waals surface area (Å²) in [6.45, 7) is 7.21. The lowest BCUT2D eigenvalue weighted by molar-refractivity contribution is -0.134. The van der Waals surface area contributed by atoms with E-state index < -0.39 is 0 Å². The standard InChI is InChI=1S/C25H28N4O2S/c1-17-14-18(2)26-24-23(17)25(27-28(24)4)31-16-22(30)29(15-21-11-10-19(3)32-21)13-12-20-8-6-5-7-9-20/h5-11,14H,12-13,15-16H2,1-4H3. The van der Waals surface area contributed by atoms with Crippen molar-refractivity contribution in [3.05, 3.63) is 75.1 Å². The highest BCUT2D eigenvalue weighted by Crippen LogP contribution is 2.27. The number of aromatic nitrogens is 3. The van der Waals surface area contributed by atoms with Crippen molar-refractivity contribution in [3.8, 4) is 5.88 Å². The molecule has 4 aromatic rings. The Morgan fingerprint density at radius 1 is 1.12 bits per heavy atom. The number of rotatable bonds is 8. The molecule has 0 unspecified atom stereocenters. The second-order valence-electron chi connectivity index (χ2n) is 8.06. The van der Waals surface area contributed by atoms with Gasteiger partial charge in [0.15, 0.2) is 12.3 Å². The van der Waals surface area contributed by atoms with Gasteiger partial charge in [0.05, 0.1) is 11.9 Å². The zero-order chi connectivity index (χ0) is 22.7. The molecule has 0 radical (unpaired) electrons. The first-order valence-corrected chi connectivity index (χ1v) is 11.5. The molecule has 4 rings (SSSR count). The number of ether oxygens (including phenoxy) is 1. The second kappa shape index (κ2) is 9.53. The van der Waals surface area contributed by atoms with E-state index in [1.807, 2.05) is 50.1 Å². The quantitative estimate of drug-likeness (QED) is 0.395. The molecule has 0 atom stereocenters. The number of nitrogens with zero attached hydrogens (tertiary/aromatic N) is 4. The van der Waals surface area contributed by atoms with Crippen LogP contribution in [-0.4, -0.2) is 38.7 Å². The Kier molecular flexibility index (Phi) is 6.55. The highest BCUT2D eigenvalue weighted by Gasteiger charge is 2.19. The van der Waals surface area contributed by atoms with Gasteiger partial charge in [0.1, 0.15) is 0 Å². The third-order valence-corrected chi connectivity index (χ3v) is 6.41. The van der Waals surface area contributed by atoms with Crippen molar-refractivity contribution < 1.29 is 9.53 Å². The molecule has 32 heavy (non-hydrogen) atoms. The van der Waals surface area contributed by atoms with Gasteiger partial charge >= 0.3 is 0 Å². The summed E-state index contributed by atoms with van der Waals surface area (Å²) in [6, 6.07) is 16.4. The number of pyridine rings is 1. The lowest BCUT2D eigenvalue weighted by atomic mass is 10.1. The van der Waals surface area contributed by atoms with Crippen LogP contribution in [0.4, 0.5) is 0 Å². The van der Waals surface area contributed by atoms with Gasteiger partial charge < -0.3 is 9.64 Å². The van der Waals surface area contributed by atoms with Crippen LogP contribution in [0.15, 0.2) is 48.5 Å². The average molecular weight is 449 g/mol. The van der Waals surface area contributed by atoms with E-state index in [2.05, 4.69) is 41.3 Å². The van der Waals surface area contributed by atoms with Gasteiger partial charge in [-0.15, -0.1) is 16.4 Å². The normalized spacial score (nSPS) is 11.1. The van der Waals surface area contributed by atoms with Crippen molar-refractivity contribution in [3.63, 3.8) is 0 Å². The molecule has 1 amide bonds. The Balaban J connectivity index is 1.50. The molecule has 166 valence electrons. The Morgan fingerprint density at radius 2 is 1.91 bits per heavy atom. The van der Waals surface area contributed by atoms with Crippen LogP contribution in [-0.2, 0) is 24.8 Å². The van der Waals surface area contributed by atoms with Crippen LogP contribution in [0.25, 0.3) is 11.0 Å². The third kappa shape index (κ3) is 4.99. The zero-order valence-electron chi connectivity index (χ0n) is 19.0. The SMILES string of the molecule is Cc1cc(C)c2c(OCC(=O)N(CCc3ccccc3)Cc3ccc(C)s3)nn(C)c2n1. The van der Waals surface area contributed by atoms with Crippen LogP contribution in [0.3, 0.4) is 0 Å². The Bertz CT molecular complexity index is 1230. The van der Waals surface area contributed by atoms with Gasteiger partial charge in [0, 0.05) is 29.0 Å². The molecule has 0 saturated heterocycles. The van der Waals surface area contributed by atoms with Gasteiger partial charge in [-0.1, -0.05) is 30.3 Å². The molecule has 7 heteroatoms. The molecule has 3 heterocycles. The van der Waals surface area contributed by atoms with Crippen LogP contribution in [0.2, 0.25) is 0 Å². The predicted molar refractivity (Wildman–Crippen MR) is 128 cm³/mol. The van der Waals surface area contributed by atoms with Crippen LogP contribution in [0.5, 0.6) is 5.88 Å². The number of carbonyl (C=O) groups excluding carboxylic acids is 1. The molecule has 1 aromatic carbocycles. The minimum Gasteiger partial charge on any atom is -0.466 e. The van der Waals surface area contributed by atoms with E-state index in [1.54, 1.807) is 16.0 Å². The molecule has 0 aliphatic carbocycles. The molecule has 0 saturated carbocycles. The van der Waals surface area contributed by atoms with Crippen LogP contribution < -0.4 is 4.74 Å². The summed E-state index contributed by atoms with van der Waals surface area (Å²) in [5, 5.41) is 5.32. The molecule has 0 fully saturated rings. The minimum atomic E-state index is -0.0570. The molecule has 0 bridgehead atoms. The molecule has 6 nitrogen and oxygen atoms in total. The van der Waals surface area contributed by atoms with Crippen LogP contribution in [0, 0.1) is 20.8 Å². The first-order chi connectivity index (χ1) is 15.4. The number of fused-ring (bicyclic) bond motifs is 1. The van der Waals surface area contributed by atoms with Crippen molar-refractivity contribution >= 4 is 28.3 Å². The molecule has 3 aromatic heterocycles. The van der Waals surface area contributed by atoms with Gasteiger partial charge in [0.2, 0.25) is 5.88 Å². The number of hydrogen-bond donors (Lipinski definition) is 0. The first-order valence-electron chi connectivity index (χ1n) is 10.7. The van der Waals surface area contributed by atoms with E-state index in [9.17, 15) is 4.79 Å². The summed E-state index contributed by atoms with van der Waals surface area (Å²) >= 11 is 1.72. The topological polar surface area (TPSA) is 60.2 Å². The minimum absolute atomic E-state index is 0.0523. The third-order valence-electron chi connectivity index (χ3n) is 5.43. The van der Waals surface area contributed by atoms with Gasteiger partial charge in [0.25, 0.3) is 5.91 Å². The zero-order valence-corrected chi connectivity index (χ0v) is 19.8. The highest BCUT2D eigenvalue weighted by molar-refractivity contribution is 7.11. The molecule has 0 aliphatic rings. The Hall–Kier alpha value is -3.19. The average Bonchev–Trinajstić information content (AvgIpc) is 3.32. The number of hydrogen-bond acceptors (Lipinski definition) is 5. The smallest absolute Gasteiger partial charge is 0.260 e. The number of aryl methyl sites for hydroxylation is 4. The predicted octanol–water partition coefficient (Wildman–Crippen LogP) is 4.61. The summed E-state index contributed by atoms with van der Waals surface area (Å²) in [4.78, 5) is 22.0. The summed E-state index contributed by atoms with van der Waals surface area (Å²) in [5.74, 6) is 0.402. The molecule has 0 aliphatic heterocycles. The monoisotopic (exact) mass is 448 g/mol. The number of benzene rings is 1. The van der Waals surface area contributed by atoms with E-state index >= 15 is 0 Å². The molecule has 0 spiro atoms. The fraction of sp³-hybridized carbons (Fsp3) is 0.320. The maximum atomic E-state index is 13.2. The van der Waals surface area contributed by atoms with Crippen LogP contribution >= 0.6 is 11.3 Å². The van der Waals surface area contributed by atoms with Gasteiger partial charge in [-0.2, -0.15) is 0 Å². The van der Waals surface area contributed by atoms with E-state index in [0.717, 1.165) is 28.7 Å². The van der Waals surface area contributed by atoms with Crippen LogP contribution in [0.1, 0.15) is 26.6 Å². The number of carbonyl (C=O) groups is 1. The lowest BCUT2D eigenvalue weighted by Crippen LogP contribution is -2.36. The fourth-order valence-electron chi connectivity index (χ4n) is 3.83.